The van der Waals surface area contributed by atoms with E-state index in [1.807, 2.05) is 18.2 Å². The van der Waals surface area contributed by atoms with Crippen LogP contribution >= 0.6 is 0 Å². The summed E-state index contributed by atoms with van der Waals surface area (Å²) in [6, 6.07) is 2.01. The smallest absolute Gasteiger partial charge is 0.0991 e. The van der Waals surface area contributed by atoms with E-state index in [0.717, 1.165) is 6.61 Å². The van der Waals surface area contributed by atoms with Crippen LogP contribution in [0.3, 0.4) is 0 Å². The van der Waals surface area contributed by atoms with E-state index in [1.165, 1.54) is 0 Å². The third-order valence-electron chi connectivity index (χ3n) is 0.919. The van der Waals surface area contributed by atoms with Crippen molar-refractivity contribution in [3.05, 3.63) is 12.2 Å². The van der Waals surface area contributed by atoms with Crippen molar-refractivity contribution < 1.29 is 4.74 Å². The lowest BCUT2D eigenvalue weighted by Crippen LogP contribution is -1.71. The molecule has 2 heteroatoms. The van der Waals surface area contributed by atoms with Crippen LogP contribution in [-0.2, 0) is 4.74 Å². The van der Waals surface area contributed by atoms with E-state index in [0.29, 0.717) is 12.5 Å². The van der Waals surface area contributed by atoms with Crippen LogP contribution < -0.4 is 0 Å². The molecule has 1 heterocycles. The molecule has 1 saturated heterocycles. The van der Waals surface area contributed by atoms with E-state index < -0.39 is 0 Å². The van der Waals surface area contributed by atoms with Gasteiger partial charge in [-0.25, -0.2) is 0 Å². The van der Waals surface area contributed by atoms with Crippen LogP contribution in [0.25, 0.3) is 0 Å². The average molecular weight is 109 g/mol. The monoisotopic (exact) mass is 109 g/mol. The number of allylic oxidation sites excluding steroid dienone is 1. The van der Waals surface area contributed by atoms with E-state index in [2.05, 4.69) is 0 Å². The molecule has 0 aromatic heterocycles. The number of rotatable bonds is 2. The van der Waals surface area contributed by atoms with Crippen molar-refractivity contribution in [3.63, 3.8) is 0 Å². The fraction of sp³-hybridized carbons (Fsp3) is 0.500. The summed E-state index contributed by atoms with van der Waals surface area (Å²) in [5.41, 5.74) is 0. The van der Waals surface area contributed by atoms with Crippen molar-refractivity contribution in [3.8, 4) is 6.07 Å². The third kappa shape index (κ3) is 1.76. The minimum Gasteiger partial charge on any atom is -0.369 e. The minimum absolute atomic E-state index is 0.323. The van der Waals surface area contributed by atoms with Gasteiger partial charge in [0.2, 0.25) is 0 Å². The molecule has 8 heavy (non-hydrogen) atoms. The molecule has 2 nitrogen and oxygen atoms in total. The maximum atomic E-state index is 8.06. The summed E-state index contributed by atoms with van der Waals surface area (Å²) in [5, 5.41) is 8.06. The first kappa shape index (κ1) is 5.33. The van der Waals surface area contributed by atoms with Crippen molar-refractivity contribution >= 4 is 0 Å². The largest absolute Gasteiger partial charge is 0.369 e. The molecule has 0 N–H and O–H groups in total. The second kappa shape index (κ2) is 2.49. The van der Waals surface area contributed by atoms with Crippen LogP contribution in [0.4, 0.5) is 0 Å². The first-order valence-corrected chi connectivity index (χ1v) is 2.58. The highest BCUT2D eigenvalue weighted by Crippen LogP contribution is 2.09. The quantitative estimate of drug-likeness (QED) is 0.389. The number of nitriles is 1. The molecule has 1 atom stereocenters. The van der Waals surface area contributed by atoms with Gasteiger partial charge in [-0.15, -0.1) is 0 Å². The predicted octanol–water partition coefficient (Wildman–Crippen LogP) is 0.855. The van der Waals surface area contributed by atoms with Gasteiger partial charge in [-0.2, -0.15) is 5.26 Å². The minimum atomic E-state index is 0.323. The van der Waals surface area contributed by atoms with Crippen molar-refractivity contribution in [2.75, 3.05) is 6.61 Å². The molecule has 0 radical (unpaired) electrons. The van der Waals surface area contributed by atoms with Gasteiger partial charge in [0.1, 0.15) is 0 Å². The van der Waals surface area contributed by atoms with Crippen molar-refractivity contribution in [2.24, 2.45) is 0 Å². The maximum Gasteiger partial charge on any atom is 0.0991 e. The molecule has 1 aliphatic heterocycles. The summed E-state index contributed by atoms with van der Waals surface area (Å²) >= 11 is 0. The molecule has 1 rings (SSSR count). The summed E-state index contributed by atoms with van der Waals surface area (Å²) in [7, 11) is 0. The molecule has 0 saturated carbocycles. The normalized spacial score (nSPS) is 25.6. The van der Waals surface area contributed by atoms with Gasteiger partial charge in [0.25, 0.3) is 0 Å². The SMILES string of the molecule is N#CC/C=C/C1CO1. The Hall–Kier alpha value is -0.810. The fourth-order valence-electron chi connectivity index (χ4n) is 0.439. The molecule has 1 unspecified atom stereocenters. The molecule has 1 aliphatic rings. The Bertz CT molecular complexity index is 130. The molecule has 0 bridgehead atoms. The molecule has 0 aromatic rings. The highest BCUT2D eigenvalue weighted by Gasteiger charge is 2.17. The van der Waals surface area contributed by atoms with Gasteiger partial charge < -0.3 is 4.74 Å². The van der Waals surface area contributed by atoms with E-state index in [1.54, 1.807) is 0 Å². The second-order valence-electron chi connectivity index (χ2n) is 1.66. The standard InChI is InChI=1S/C6H7NO/c7-4-2-1-3-6-5-8-6/h1,3,6H,2,5H2/b3-1+. The summed E-state index contributed by atoms with van der Waals surface area (Å²) < 4.78 is 4.86. The molecule has 0 spiro atoms. The van der Waals surface area contributed by atoms with Crippen LogP contribution in [-0.4, -0.2) is 12.7 Å². The van der Waals surface area contributed by atoms with E-state index in [-0.39, 0.29) is 0 Å². The average Bonchev–Trinajstić information content (AvgIpc) is 2.51. The number of hydrogen-bond acceptors (Lipinski definition) is 2. The van der Waals surface area contributed by atoms with Crippen LogP contribution in [0.2, 0.25) is 0 Å². The van der Waals surface area contributed by atoms with Gasteiger partial charge in [-0.3, -0.25) is 0 Å². The van der Waals surface area contributed by atoms with E-state index >= 15 is 0 Å². The molecule has 0 amide bonds. The first-order chi connectivity index (χ1) is 3.93. The Labute approximate surface area is 48.4 Å². The van der Waals surface area contributed by atoms with Crippen LogP contribution in [0, 0.1) is 11.3 Å². The fourth-order valence-corrected chi connectivity index (χ4v) is 0.439. The zero-order valence-electron chi connectivity index (χ0n) is 4.50. The van der Waals surface area contributed by atoms with Gasteiger partial charge in [0.05, 0.1) is 25.2 Å². The van der Waals surface area contributed by atoms with Crippen molar-refractivity contribution in [2.45, 2.75) is 12.5 Å². The Morgan fingerprint density at radius 3 is 3.12 bits per heavy atom. The second-order valence-corrected chi connectivity index (χ2v) is 1.66. The molecule has 1 fully saturated rings. The Kier molecular flexibility index (Phi) is 1.66. The molecule has 0 aliphatic carbocycles. The lowest BCUT2D eigenvalue weighted by Gasteiger charge is -1.71. The van der Waals surface area contributed by atoms with Crippen molar-refractivity contribution in [1.82, 2.24) is 0 Å². The van der Waals surface area contributed by atoms with Crippen molar-refractivity contribution in [1.29, 1.82) is 5.26 Å². The Balaban J connectivity index is 2.07. The zero-order chi connectivity index (χ0) is 5.82. The Morgan fingerprint density at radius 2 is 2.62 bits per heavy atom. The summed E-state index contributed by atoms with van der Waals surface area (Å²) in [6.07, 6.45) is 4.57. The first-order valence-electron chi connectivity index (χ1n) is 2.58. The maximum absolute atomic E-state index is 8.06. The summed E-state index contributed by atoms with van der Waals surface area (Å²) in [5.74, 6) is 0. The number of nitrogens with zero attached hydrogens (tertiary/aromatic N) is 1. The lowest BCUT2D eigenvalue weighted by atomic mass is 10.3. The Morgan fingerprint density at radius 1 is 1.88 bits per heavy atom. The number of epoxide rings is 1. The molecular formula is C6H7NO. The van der Waals surface area contributed by atoms with Crippen LogP contribution in [0.1, 0.15) is 6.42 Å². The molecule has 0 aromatic carbocycles. The van der Waals surface area contributed by atoms with Crippen LogP contribution in [0.5, 0.6) is 0 Å². The number of ether oxygens (including phenoxy) is 1. The molecule has 42 valence electrons. The zero-order valence-corrected chi connectivity index (χ0v) is 4.50. The highest BCUT2D eigenvalue weighted by molar-refractivity contribution is 4.99. The van der Waals surface area contributed by atoms with Gasteiger partial charge in [0, 0.05) is 0 Å². The summed E-state index contributed by atoms with van der Waals surface area (Å²) in [4.78, 5) is 0. The van der Waals surface area contributed by atoms with Gasteiger partial charge in [0.15, 0.2) is 0 Å². The molecular weight excluding hydrogens is 102 g/mol. The van der Waals surface area contributed by atoms with E-state index in [4.69, 9.17) is 10.00 Å². The van der Waals surface area contributed by atoms with Gasteiger partial charge >= 0.3 is 0 Å². The predicted molar refractivity (Wildman–Crippen MR) is 29.1 cm³/mol. The van der Waals surface area contributed by atoms with Crippen LogP contribution in [0.15, 0.2) is 12.2 Å². The lowest BCUT2D eigenvalue weighted by molar-refractivity contribution is 0.440. The van der Waals surface area contributed by atoms with E-state index in [9.17, 15) is 0 Å². The highest BCUT2D eigenvalue weighted by atomic mass is 16.6. The summed E-state index contributed by atoms with van der Waals surface area (Å²) in [6.45, 7) is 0.835. The topological polar surface area (TPSA) is 36.3 Å². The van der Waals surface area contributed by atoms with Gasteiger partial charge in [-0.1, -0.05) is 12.2 Å². The number of hydrogen-bond donors (Lipinski definition) is 0. The third-order valence-corrected chi connectivity index (χ3v) is 0.919. The van der Waals surface area contributed by atoms with Gasteiger partial charge in [-0.05, 0) is 0 Å².